The van der Waals surface area contributed by atoms with Crippen molar-refractivity contribution in [1.29, 1.82) is 0 Å². The topological polar surface area (TPSA) is 299 Å². The summed E-state index contributed by atoms with van der Waals surface area (Å²) in [5, 5.41) is 5.87. The third-order valence-corrected chi connectivity index (χ3v) is 20.0. The van der Waals surface area contributed by atoms with Gasteiger partial charge in [-0.05, 0) is 59.1 Å². The zero-order chi connectivity index (χ0) is 75.9. The number of carbonyl (C=O) groups is 6. The summed E-state index contributed by atoms with van der Waals surface area (Å²) in [5.41, 5.74) is 3.43. The molecule has 0 bridgehead atoms. The number of nitrogens with one attached hydrogen (secondary N) is 2. The number of carbonyl (C=O) groups excluding carboxylic acids is 6. The lowest BCUT2D eigenvalue weighted by Gasteiger charge is -2.47. The van der Waals surface area contributed by atoms with Gasteiger partial charge in [-0.25, -0.2) is 18.7 Å². The number of ether oxygens (including phenoxy) is 9. The fraction of sp³-hybridized carbons (Fsp3) is 0.475. The van der Waals surface area contributed by atoms with Crippen LogP contribution in [0.25, 0.3) is 0 Å². The van der Waals surface area contributed by atoms with Crippen molar-refractivity contribution in [3.63, 3.8) is 0 Å². The van der Waals surface area contributed by atoms with Gasteiger partial charge in [-0.15, -0.1) is 0 Å². The monoisotopic (exact) mass is 1520 g/mol. The van der Waals surface area contributed by atoms with Crippen LogP contribution in [0.15, 0.2) is 182 Å². The van der Waals surface area contributed by atoms with E-state index in [-0.39, 0.29) is 65.3 Å². The molecule has 6 aromatic rings. The minimum atomic E-state index is -4.98. The first-order chi connectivity index (χ1) is 52.0. The minimum absolute atomic E-state index is 0.0545. The summed E-state index contributed by atoms with van der Waals surface area (Å²) in [7, 11) is -9.96. The Morgan fingerprint density at radius 3 is 1.07 bits per heavy atom. The maximum absolute atomic E-state index is 15.8. The van der Waals surface area contributed by atoms with E-state index >= 15 is 9.13 Å². The Kier molecular flexibility index (Phi) is 36.5. The fourth-order valence-corrected chi connectivity index (χ4v) is 14.2. The van der Waals surface area contributed by atoms with Crippen LogP contribution in [-0.4, -0.2) is 111 Å². The lowest BCUT2D eigenvalue weighted by Crippen LogP contribution is -2.68. The van der Waals surface area contributed by atoms with Crippen LogP contribution >= 0.6 is 15.6 Å². The van der Waals surface area contributed by atoms with Crippen molar-refractivity contribution in [3.05, 3.63) is 215 Å². The summed E-state index contributed by atoms with van der Waals surface area (Å²) in [6.07, 6.45) is -10.6. The van der Waals surface area contributed by atoms with Gasteiger partial charge < -0.3 is 53.3 Å². The summed E-state index contributed by atoms with van der Waals surface area (Å²) in [6, 6.07) is 49.1. The first-order valence-electron chi connectivity index (χ1n) is 37.0. The van der Waals surface area contributed by atoms with Crippen molar-refractivity contribution in [3.8, 4) is 0 Å². The average molecular weight is 1520 g/mol. The predicted molar refractivity (Wildman–Crippen MR) is 394 cm³/mol. The van der Waals surface area contributed by atoms with E-state index in [0.29, 0.717) is 84.7 Å². The van der Waals surface area contributed by atoms with E-state index in [4.69, 9.17) is 69.8 Å². The first-order valence-corrected chi connectivity index (χ1v) is 39.9. The van der Waals surface area contributed by atoms with Crippen molar-refractivity contribution in [1.82, 2.24) is 10.6 Å². The molecule has 6 aromatic carbocycles. The molecule has 0 spiro atoms. The molecule has 2 N–H and O–H groups in total. The molecule has 10 atom stereocenters. The van der Waals surface area contributed by atoms with E-state index in [1.807, 2.05) is 27.7 Å². The molecule has 2 fully saturated rings. The van der Waals surface area contributed by atoms with Crippen LogP contribution in [0.1, 0.15) is 164 Å². The number of phosphoric ester groups is 2. The molecular formula is C80H102N2O23P2. The summed E-state index contributed by atoms with van der Waals surface area (Å²) < 4.78 is 126. The van der Waals surface area contributed by atoms with Crippen molar-refractivity contribution in [2.24, 2.45) is 0 Å². The van der Waals surface area contributed by atoms with E-state index in [2.05, 4.69) is 10.6 Å². The average Bonchev–Trinajstić information content (AvgIpc) is 0.775. The van der Waals surface area contributed by atoms with E-state index in [1.54, 1.807) is 182 Å². The molecule has 27 heteroatoms. The Labute approximate surface area is 627 Å². The highest BCUT2D eigenvalue weighted by atomic mass is 31.2. The van der Waals surface area contributed by atoms with E-state index in [0.717, 1.165) is 25.7 Å². The second-order valence-electron chi connectivity index (χ2n) is 25.9. The maximum Gasteiger partial charge on any atom is 0.509 e. The molecule has 8 rings (SSSR count). The van der Waals surface area contributed by atoms with Gasteiger partial charge in [0.1, 0.15) is 50.2 Å². The number of hydrogen-bond donors (Lipinski definition) is 2. The van der Waals surface area contributed by atoms with Gasteiger partial charge in [0.15, 0.2) is 30.9 Å². The van der Waals surface area contributed by atoms with E-state index in [9.17, 15) is 28.8 Å². The van der Waals surface area contributed by atoms with Crippen LogP contribution in [-0.2, 0) is 138 Å². The lowest BCUT2D eigenvalue weighted by molar-refractivity contribution is -0.298. The van der Waals surface area contributed by atoms with Gasteiger partial charge in [-0.2, -0.15) is 0 Å². The number of rotatable bonds is 46. The molecule has 580 valence electrons. The Morgan fingerprint density at radius 2 is 0.673 bits per heavy atom. The van der Waals surface area contributed by atoms with Crippen LogP contribution < -0.4 is 10.6 Å². The highest BCUT2D eigenvalue weighted by Crippen LogP contribution is 2.55. The highest BCUT2D eigenvalue weighted by molar-refractivity contribution is 7.48. The number of esters is 2. The Bertz CT molecular complexity index is 3590. The van der Waals surface area contributed by atoms with Crippen LogP contribution in [0.2, 0.25) is 0 Å². The number of benzene rings is 6. The third kappa shape index (κ3) is 29.7. The van der Waals surface area contributed by atoms with Gasteiger partial charge in [-0.1, -0.05) is 261 Å². The molecule has 2 aliphatic heterocycles. The molecule has 107 heavy (non-hydrogen) atoms. The molecule has 2 saturated heterocycles. The second-order valence-corrected chi connectivity index (χ2v) is 29.1. The molecule has 25 nitrogen and oxygen atoms in total. The molecule has 0 saturated carbocycles. The highest BCUT2D eigenvalue weighted by Gasteiger charge is 2.57. The maximum atomic E-state index is 15.8. The number of amides is 2. The van der Waals surface area contributed by atoms with Crippen molar-refractivity contribution >= 4 is 51.7 Å². The summed E-state index contributed by atoms with van der Waals surface area (Å²) in [4.78, 5) is 86.7. The van der Waals surface area contributed by atoms with Crippen molar-refractivity contribution < 1.29 is 108 Å². The molecule has 2 amide bonds. The fourth-order valence-electron chi connectivity index (χ4n) is 11.6. The Morgan fingerprint density at radius 1 is 0.346 bits per heavy atom. The molecule has 2 heterocycles. The molecule has 0 aromatic heterocycles. The molecule has 2 aliphatic rings. The molecule has 0 aliphatic carbocycles. The van der Waals surface area contributed by atoms with Gasteiger partial charge in [0, 0.05) is 25.7 Å². The zero-order valence-corrected chi connectivity index (χ0v) is 63.1. The van der Waals surface area contributed by atoms with Gasteiger partial charge in [0.2, 0.25) is 11.8 Å². The first kappa shape index (κ1) is 84.5. The molecular weight excluding hydrogens is 1420 g/mol. The summed E-state index contributed by atoms with van der Waals surface area (Å²) >= 11 is 0. The third-order valence-electron chi connectivity index (χ3n) is 17.3. The van der Waals surface area contributed by atoms with Gasteiger partial charge in [0.05, 0.1) is 33.0 Å². The largest absolute Gasteiger partial charge is 0.509 e. The van der Waals surface area contributed by atoms with Gasteiger partial charge in [0.25, 0.3) is 0 Å². The second kappa shape index (κ2) is 46.3. The zero-order valence-electron chi connectivity index (χ0n) is 61.3. The predicted octanol–water partition coefficient (Wildman–Crippen LogP) is 16.1. The van der Waals surface area contributed by atoms with Crippen LogP contribution in [0.4, 0.5) is 9.59 Å². The summed E-state index contributed by atoms with van der Waals surface area (Å²) in [6.45, 7) is 4.30. The smallest absolute Gasteiger partial charge is 0.457 e. The number of hydrogen-bond acceptors (Lipinski definition) is 23. The minimum Gasteiger partial charge on any atom is -0.457 e. The quantitative estimate of drug-likeness (QED) is 0.0155. The SMILES string of the molecule is CCCCCC(=O)N[C@H]1[C@@H](OP(=O)(OCc2ccccc2)OCc2ccccc2)O[C@H](CO[C@@H]2O[C@H](COC(=O)OCc3ccccc3)[C@@H](OP(=O)(OCc3ccccc3)OCc3ccccc3)[C@H](OC(=O)CCCCC)[C@H]2NC(=O)CCCCC)[C@@H](OC(=O)OCc2ccccc2)[C@@H]1OC(=O)CCCCC. The lowest BCUT2D eigenvalue weighted by atomic mass is 9.95. The van der Waals surface area contributed by atoms with Crippen LogP contribution in [0, 0.1) is 0 Å². The van der Waals surface area contributed by atoms with Gasteiger partial charge in [-0.3, -0.25) is 46.3 Å². The van der Waals surface area contributed by atoms with E-state index in [1.165, 1.54) is 0 Å². The molecule has 0 radical (unpaired) electrons. The van der Waals surface area contributed by atoms with E-state index < -0.39 is 126 Å². The number of unbranched alkanes of at least 4 members (excludes halogenated alkanes) is 8. The van der Waals surface area contributed by atoms with Crippen molar-refractivity contribution in [2.75, 3.05) is 13.2 Å². The number of phosphoric acid groups is 2. The summed E-state index contributed by atoms with van der Waals surface area (Å²) in [5.74, 6) is -2.78. The van der Waals surface area contributed by atoms with Crippen molar-refractivity contribution in [2.45, 2.75) is 231 Å². The Balaban J connectivity index is 1.27. The van der Waals surface area contributed by atoms with Gasteiger partial charge >= 0.3 is 39.9 Å². The Hall–Kier alpha value is -8.16. The standard InChI is InChI=1S/C80H102N2O23P2/c1-5-9-19-47-67(83)81-71-76(102-70(86)50-22-12-8-4)74(104-106(89,95-53-61-39-27-15-28-40-61)96-54-62-41-29-16-30-42-62)66(58-94-79(87)92-51-59-35-23-13-24-36-59)99-77(71)91-57-65-73(103-80(88)93-52-60-37-25-14-26-38-60)75(101-69(85)49-21-11-7-3)72(82-68(84)48-20-10-6-2)78(100-65)105-107(90,97-55-63-43-31-17-32-44-63)98-56-64-45-33-18-34-46-64/h13-18,23-46,65-66,71-78H,5-12,19-22,47-58H2,1-4H3,(H,81,83)(H,82,84)/t65-,66-,71-,72-,73-,74-,75-,76-,77-,78-/m1/s1. The normalized spacial score (nSPS) is 20.0. The van der Waals surface area contributed by atoms with Crippen LogP contribution in [0.5, 0.6) is 0 Å². The van der Waals surface area contributed by atoms with Crippen LogP contribution in [0.3, 0.4) is 0 Å². The molecule has 0 unspecified atom stereocenters.